The van der Waals surface area contributed by atoms with Crippen molar-refractivity contribution in [2.24, 2.45) is 0 Å². The maximum Gasteiger partial charge on any atom is 0.230 e. The summed E-state index contributed by atoms with van der Waals surface area (Å²) < 4.78 is 2.08. The van der Waals surface area contributed by atoms with Crippen molar-refractivity contribution < 1.29 is 9.63 Å². The van der Waals surface area contributed by atoms with Gasteiger partial charge in [-0.25, -0.2) is 10.5 Å². The van der Waals surface area contributed by atoms with E-state index in [1.165, 1.54) is 0 Å². The molecule has 0 saturated carbocycles. The summed E-state index contributed by atoms with van der Waals surface area (Å²) in [5.41, 5.74) is 2.19. The highest BCUT2D eigenvalue weighted by atomic mass is 16.6. The molecule has 2 N–H and O–H groups in total. The van der Waals surface area contributed by atoms with E-state index in [9.17, 15) is 4.79 Å². The molecular weight excluding hydrogens is 196 g/mol. The average molecular weight is 210 g/mol. The van der Waals surface area contributed by atoms with E-state index in [1.807, 2.05) is 12.5 Å². The Morgan fingerprint density at radius 1 is 1.73 bits per heavy atom. The van der Waals surface area contributed by atoms with E-state index < -0.39 is 0 Å². The lowest BCUT2D eigenvalue weighted by molar-refractivity contribution is -0.121. The Labute approximate surface area is 87.6 Å². The number of hydrogen-bond donors (Lipinski definition) is 2. The minimum absolute atomic E-state index is 0.282. The number of nitrogens with zero attached hydrogens (tertiary/aromatic N) is 2. The van der Waals surface area contributed by atoms with Crippen LogP contribution in [0.2, 0.25) is 0 Å². The van der Waals surface area contributed by atoms with Gasteiger partial charge in [0.1, 0.15) is 0 Å². The van der Waals surface area contributed by atoms with Crippen LogP contribution in [0.15, 0.2) is 18.7 Å². The molecule has 0 aliphatic carbocycles. The minimum Gasteiger partial charge on any atom is -0.333 e. The van der Waals surface area contributed by atoms with Gasteiger partial charge in [-0.1, -0.05) is 0 Å². The molecule has 0 aromatic carbocycles. The fourth-order valence-electron chi connectivity index (χ4n) is 1.82. The van der Waals surface area contributed by atoms with Crippen LogP contribution in [0.5, 0.6) is 0 Å². The van der Waals surface area contributed by atoms with Crippen LogP contribution >= 0.6 is 0 Å². The van der Waals surface area contributed by atoms with Crippen LogP contribution in [0.3, 0.4) is 0 Å². The summed E-state index contributed by atoms with van der Waals surface area (Å²) in [5, 5.41) is 3.32. The number of hydrogen-bond acceptors (Lipinski definition) is 4. The maximum absolute atomic E-state index is 9.96. The lowest BCUT2D eigenvalue weighted by Gasteiger charge is -2.10. The number of carbonyl (C=O) groups is 1. The number of aromatic nitrogens is 2. The topological polar surface area (TPSA) is 68.2 Å². The first-order valence-electron chi connectivity index (χ1n) is 4.92. The van der Waals surface area contributed by atoms with Crippen molar-refractivity contribution >= 4 is 6.41 Å². The third kappa shape index (κ3) is 2.54. The van der Waals surface area contributed by atoms with Gasteiger partial charge in [0.15, 0.2) is 0 Å². The molecular formula is C9H14N4O2. The van der Waals surface area contributed by atoms with Crippen LogP contribution in [0, 0.1) is 0 Å². The van der Waals surface area contributed by atoms with Gasteiger partial charge < -0.3 is 9.88 Å². The van der Waals surface area contributed by atoms with E-state index >= 15 is 0 Å². The van der Waals surface area contributed by atoms with Crippen molar-refractivity contribution in [3.8, 4) is 0 Å². The highest BCUT2D eigenvalue weighted by Gasteiger charge is 2.24. The normalized spacial score (nSPS) is 25.3. The second-order valence-corrected chi connectivity index (χ2v) is 3.55. The van der Waals surface area contributed by atoms with Gasteiger partial charge in [0.25, 0.3) is 0 Å². The van der Waals surface area contributed by atoms with Gasteiger partial charge in [-0.2, -0.15) is 0 Å². The summed E-state index contributed by atoms with van der Waals surface area (Å²) in [7, 11) is 0. The van der Waals surface area contributed by atoms with Crippen molar-refractivity contribution in [3.63, 3.8) is 0 Å². The van der Waals surface area contributed by atoms with Gasteiger partial charge in [-0.3, -0.25) is 9.63 Å². The zero-order valence-electron chi connectivity index (χ0n) is 8.30. The molecule has 1 saturated heterocycles. The second-order valence-electron chi connectivity index (χ2n) is 3.55. The molecule has 1 amide bonds. The van der Waals surface area contributed by atoms with E-state index in [0.717, 1.165) is 13.0 Å². The zero-order chi connectivity index (χ0) is 10.5. The average Bonchev–Trinajstić information content (AvgIpc) is 2.87. The Bertz CT molecular complexity index is 301. The molecule has 2 atom stereocenters. The van der Waals surface area contributed by atoms with E-state index in [1.54, 1.807) is 6.20 Å². The second kappa shape index (κ2) is 4.90. The Morgan fingerprint density at radius 3 is 3.40 bits per heavy atom. The molecule has 15 heavy (non-hydrogen) atoms. The van der Waals surface area contributed by atoms with Gasteiger partial charge in [-0.15, -0.1) is 0 Å². The molecule has 2 heterocycles. The summed E-state index contributed by atoms with van der Waals surface area (Å²) in [6.45, 7) is 1.40. The fraction of sp³-hybridized carbons (Fsp3) is 0.556. The van der Waals surface area contributed by atoms with E-state index in [-0.39, 0.29) is 6.04 Å². The third-order valence-electron chi connectivity index (χ3n) is 2.56. The van der Waals surface area contributed by atoms with Crippen molar-refractivity contribution in [1.82, 2.24) is 20.3 Å². The molecule has 1 aromatic heterocycles. The SMILES string of the molecule is O=CNOC[C@@H]1C[C@H](n2ccnc2)CN1. The third-order valence-corrected chi connectivity index (χ3v) is 2.56. The van der Waals surface area contributed by atoms with Crippen LogP contribution in [0.1, 0.15) is 12.5 Å². The van der Waals surface area contributed by atoms with E-state index in [2.05, 4.69) is 20.3 Å². The Balaban J connectivity index is 1.77. The van der Waals surface area contributed by atoms with Crippen LogP contribution in [0.25, 0.3) is 0 Å². The molecule has 0 bridgehead atoms. The number of rotatable bonds is 5. The summed E-state index contributed by atoms with van der Waals surface area (Å²) in [6.07, 6.45) is 7.06. The monoisotopic (exact) mass is 210 g/mol. The molecule has 0 unspecified atom stereocenters. The van der Waals surface area contributed by atoms with Crippen LogP contribution in [-0.2, 0) is 9.63 Å². The predicted molar refractivity (Wildman–Crippen MR) is 52.8 cm³/mol. The Kier molecular flexibility index (Phi) is 3.31. The van der Waals surface area contributed by atoms with E-state index in [4.69, 9.17) is 4.84 Å². The van der Waals surface area contributed by atoms with Gasteiger partial charge in [0.2, 0.25) is 6.41 Å². The van der Waals surface area contributed by atoms with Gasteiger partial charge >= 0.3 is 0 Å². The summed E-state index contributed by atoms with van der Waals surface area (Å²) in [4.78, 5) is 18.9. The van der Waals surface area contributed by atoms with Crippen molar-refractivity contribution in [3.05, 3.63) is 18.7 Å². The molecule has 82 valence electrons. The molecule has 6 heteroatoms. The fourth-order valence-corrected chi connectivity index (χ4v) is 1.82. The largest absolute Gasteiger partial charge is 0.333 e. The highest BCUT2D eigenvalue weighted by molar-refractivity contribution is 5.43. The maximum atomic E-state index is 9.96. The smallest absolute Gasteiger partial charge is 0.230 e. The van der Waals surface area contributed by atoms with Crippen LogP contribution < -0.4 is 10.8 Å². The molecule has 2 rings (SSSR count). The molecule has 1 aliphatic heterocycles. The van der Waals surface area contributed by atoms with Crippen molar-refractivity contribution in [1.29, 1.82) is 0 Å². The molecule has 0 radical (unpaired) electrons. The first kappa shape index (κ1) is 10.1. The molecule has 1 fully saturated rings. The van der Waals surface area contributed by atoms with Gasteiger partial charge in [0, 0.05) is 31.0 Å². The Hall–Kier alpha value is -1.40. The lowest BCUT2D eigenvalue weighted by Crippen LogP contribution is -2.29. The van der Waals surface area contributed by atoms with Crippen LogP contribution in [-0.4, -0.2) is 35.2 Å². The molecule has 1 aromatic rings. The van der Waals surface area contributed by atoms with Crippen LogP contribution in [0.4, 0.5) is 0 Å². The first-order valence-corrected chi connectivity index (χ1v) is 4.92. The summed E-state index contributed by atoms with van der Waals surface area (Å²) in [5.74, 6) is 0. The Morgan fingerprint density at radius 2 is 2.67 bits per heavy atom. The molecule has 0 spiro atoms. The first-order chi connectivity index (χ1) is 7.40. The number of amides is 1. The van der Waals surface area contributed by atoms with Crippen molar-refractivity contribution in [2.45, 2.75) is 18.5 Å². The lowest BCUT2D eigenvalue weighted by atomic mass is 10.2. The molecule has 6 nitrogen and oxygen atoms in total. The molecule has 1 aliphatic rings. The zero-order valence-corrected chi connectivity index (χ0v) is 8.30. The standard InChI is InChI=1S/C9H14N4O2/c14-7-12-15-5-8-3-9(4-11-8)13-2-1-10-6-13/h1-2,6-9,11H,3-5H2,(H,12,14)/t8-,9-/m0/s1. The number of hydroxylamine groups is 1. The minimum atomic E-state index is 0.282. The highest BCUT2D eigenvalue weighted by Crippen LogP contribution is 2.18. The van der Waals surface area contributed by atoms with Gasteiger partial charge in [0.05, 0.1) is 12.9 Å². The number of imidazole rings is 1. The number of nitrogens with one attached hydrogen (secondary N) is 2. The summed E-state index contributed by atoms with van der Waals surface area (Å²) in [6, 6.07) is 0.710. The quantitative estimate of drug-likeness (QED) is 0.389. The van der Waals surface area contributed by atoms with Gasteiger partial charge in [-0.05, 0) is 6.42 Å². The summed E-state index contributed by atoms with van der Waals surface area (Å²) >= 11 is 0. The van der Waals surface area contributed by atoms with E-state index in [0.29, 0.717) is 19.1 Å². The number of carbonyl (C=O) groups excluding carboxylic acids is 1. The predicted octanol–water partition coefficient (Wildman–Crippen LogP) is -0.536. The van der Waals surface area contributed by atoms with Crippen molar-refractivity contribution in [2.75, 3.05) is 13.2 Å².